The van der Waals surface area contributed by atoms with Crippen molar-refractivity contribution < 1.29 is 0 Å². The molecule has 0 atom stereocenters. The van der Waals surface area contributed by atoms with E-state index in [2.05, 4.69) is 184 Å². The second-order valence-electron chi connectivity index (χ2n) is 13.9. The third-order valence-electron chi connectivity index (χ3n) is 10.3. The molecule has 8 aromatic rings. The fraction of sp³-hybridized carbons (Fsp3) is 0.0612. The molecule has 242 valence electrons. The van der Waals surface area contributed by atoms with Gasteiger partial charge in [0.1, 0.15) is 0 Å². The molecule has 0 saturated carbocycles. The number of rotatable bonds is 6. The van der Waals surface area contributed by atoms with E-state index in [1.165, 1.54) is 44.5 Å². The summed E-state index contributed by atoms with van der Waals surface area (Å²) in [6, 6.07) is 64.9. The molecule has 0 N–H and O–H groups in total. The van der Waals surface area contributed by atoms with Gasteiger partial charge in [-0.15, -0.1) is 0 Å². The van der Waals surface area contributed by atoms with Crippen molar-refractivity contribution in [1.82, 2.24) is 9.97 Å². The standard InChI is InChI=1S/C49H36N2/c1-49(2)44-30-39(33-14-6-3-7-15-33)24-26-42(44)43-27-25-40(31-45(43)49)37-21-12-20-36(28-37)38-22-13-23-41(29-38)48-50-46(34-16-8-4-9-17-34)32-47(51-48)35-18-10-5-11-19-35/h3-32H,1-2H3. The lowest BCUT2D eigenvalue weighted by atomic mass is 9.80. The molecule has 51 heavy (non-hydrogen) atoms. The SMILES string of the molecule is CC1(C)c2cc(-c3ccccc3)ccc2-c2ccc(-c3cccc(-c4cccc(-c5nc(-c6ccccc6)cc(-c6ccccc6)n5)c4)c3)cc21. The van der Waals surface area contributed by atoms with Crippen LogP contribution in [0.1, 0.15) is 25.0 Å². The highest BCUT2D eigenvalue weighted by atomic mass is 14.9. The van der Waals surface area contributed by atoms with Crippen LogP contribution in [-0.4, -0.2) is 9.97 Å². The van der Waals surface area contributed by atoms with Gasteiger partial charge in [0, 0.05) is 22.1 Å². The maximum atomic E-state index is 5.07. The topological polar surface area (TPSA) is 25.8 Å². The molecule has 0 aliphatic heterocycles. The molecule has 1 aliphatic carbocycles. The molecule has 1 aromatic heterocycles. The monoisotopic (exact) mass is 652 g/mol. The first-order valence-electron chi connectivity index (χ1n) is 17.6. The van der Waals surface area contributed by atoms with Gasteiger partial charge in [-0.2, -0.15) is 0 Å². The Morgan fingerprint density at radius 3 is 1.18 bits per heavy atom. The van der Waals surface area contributed by atoms with Crippen molar-refractivity contribution in [2.24, 2.45) is 0 Å². The zero-order valence-corrected chi connectivity index (χ0v) is 28.7. The van der Waals surface area contributed by atoms with Gasteiger partial charge in [0.2, 0.25) is 0 Å². The Labute approximate surface area is 299 Å². The predicted molar refractivity (Wildman–Crippen MR) is 212 cm³/mol. The molecule has 0 spiro atoms. The van der Waals surface area contributed by atoms with Crippen LogP contribution in [0.15, 0.2) is 182 Å². The molecular formula is C49H36N2. The summed E-state index contributed by atoms with van der Waals surface area (Å²) >= 11 is 0. The van der Waals surface area contributed by atoms with Gasteiger partial charge in [0.25, 0.3) is 0 Å². The molecule has 0 fully saturated rings. The summed E-state index contributed by atoms with van der Waals surface area (Å²) in [7, 11) is 0. The minimum atomic E-state index is -0.107. The van der Waals surface area contributed by atoms with E-state index in [-0.39, 0.29) is 5.41 Å². The van der Waals surface area contributed by atoms with Gasteiger partial charge in [-0.25, -0.2) is 9.97 Å². The normalized spacial score (nSPS) is 12.7. The highest BCUT2D eigenvalue weighted by Crippen LogP contribution is 2.50. The molecule has 2 nitrogen and oxygen atoms in total. The number of hydrogen-bond donors (Lipinski definition) is 0. The van der Waals surface area contributed by atoms with Gasteiger partial charge < -0.3 is 0 Å². The van der Waals surface area contributed by atoms with Gasteiger partial charge in [0.05, 0.1) is 11.4 Å². The van der Waals surface area contributed by atoms with Gasteiger partial charge in [-0.05, 0) is 86.0 Å². The summed E-state index contributed by atoms with van der Waals surface area (Å²) in [6.45, 7) is 4.71. The summed E-state index contributed by atoms with van der Waals surface area (Å²) in [5, 5.41) is 0. The Balaban J connectivity index is 1.07. The highest BCUT2D eigenvalue weighted by Gasteiger charge is 2.35. The molecule has 0 bridgehead atoms. The first kappa shape index (κ1) is 30.7. The molecule has 2 heteroatoms. The number of hydrogen-bond acceptors (Lipinski definition) is 2. The van der Waals surface area contributed by atoms with E-state index in [0.29, 0.717) is 5.82 Å². The molecular weight excluding hydrogens is 617 g/mol. The molecule has 0 radical (unpaired) electrons. The van der Waals surface area contributed by atoms with Gasteiger partial charge >= 0.3 is 0 Å². The summed E-state index contributed by atoms with van der Waals surface area (Å²) in [5.74, 6) is 0.712. The van der Waals surface area contributed by atoms with Crippen LogP contribution >= 0.6 is 0 Å². The lowest BCUT2D eigenvalue weighted by molar-refractivity contribution is 0.661. The van der Waals surface area contributed by atoms with E-state index in [1.807, 2.05) is 12.1 Å². The number of aromatic nitrogens is 2. The van der Waals surface area contributed by atoms with E-state index < -0.39 is 0 Å². The van der Waals surface area contributed by atoms with Crippen LogP contribution in [-0.2, 0) is 5.41 Å². The first-order valence-corrected chi connectivity index (χ1v) is 17.6. The molecule has 0 saturated heterocycles. The fourth-order valence-corrected chi connectivity index (χ4v) is 7.53. The zero-order chi connectivity index (χ0) is 34.4. The molecule has 1 heterocycles. The van der Waals surface area contributed by atoms with Crippen molar-refractivity contribution in [2.75, 3.05) is 0 Å². The largest absolute Gasteiger partial charge is 0.228 e. The van der Waals surface area contributed by atoms with Crippen LogP contribution in [0.25, 0.3) is 78.4 Å². The third kappa shape index (κ3) is 5.65. The Morgan fingerprint density at radius 1 is 0.314 bits per heavy atom. The molecule has 0 amide bonds. The maximum Gasteiger partial charge on any atom is 0.160 e. The average molecular weight is 653 g/mol. The second-order valence-corrected chi connectivity index (χ2v) is 13.9. The van der Waals surface area contributed by atoms with Crippen molar-refractivity contribution in [1.29, 1.82) is 0 Å². The molecule has 1 aliphatic rings. The van der Waals surface area contributed by atoms with Crippen LogP contribution in [0.5, 0.6) is 0 Å². The third-order valence-corrected chi connectivity index (χ3v) is 10.3. The van der Waals surface area contributed by atoms with Crippen molar-refractivity contribution in [3.05, 3.63) is 193 Å². The van der Waals surface area contributed by atoms with Crippen molar-refractivity contribution in [3.63, 3.8) is 0 Å². The predicted octanol–water partition coefficient (Wildman–Crippen LogP) is 12.8. The summed E-state index contributed by atoms with van der Waals surface area (Å²) in [5.41, 5.74) is 17.5. The van der Waals surface area contributed by atoms with Crippen molar-refractivity contribution >= 4 is 0 Å². The van der Waals surface area contributed by atoms with Crippen LogP contribution in [0.3, 0.4) is 0 Å². The van der Waals surface area contributed by atoms with Crippen LogP contribution in [0.4, 0.5) is 0 Å². The number of nitrogens with zero attached hydrogens (tertiary/aromatic N) is 2. The van der Waals surface area contributed by atoms with Gasteiger partial charge in [-0.1, -0.05) is 166 Å². The quantitative estimate of drug-likeness (QED) is 0.179. The van der Waals surface area contributed by atoms with Crippen LogP contribution in [0, 0.1) is 0 Å². The van der Waals surface area contributed by atoms with Gasteiger partial charge in [-0.3, -0.25) is 0 Å². The lowest BCUT2D eigenvalue weighted by Crippen LogP contribution is -2.15. The van der Waals surface area contributed by atoms with Crippen LogP contribution in [0.2, 0.25) is 0 Å². The molecule has 0 unspecified atom stereocenters. The maximum absolute atomic E-state index is 5.07. The van der Waals surface area contributed by atoms with Gasteiger partial charge in [0.15, 0.2) is 5.82 Å². The van der Waals surface area contributed by atoms with E-state index in [1.54, 1.807) is 0 Å². The molecule has 7 aromatic carbocycles. The fourth-order valence-electron chi connectivity index (χ4n) is 7.53. The summed E-state index contributed by atoms with van der Waals surface area (Å²) in [4.78, 5) is 10.1. The van der Waals surface area contributed by atoms with E-state index in [0.717, 1.165) is 39.2 Å². The highest BCUT2D eigenvalue weighted by molar-refractivity contribution is 5.86. The Kier molecular flexibility index (Phi) is 7.51. The summed E-state index contributed by atoms with van der Waals surface area (Å²) in [6.07, 6.45) is 0. The Morgan fingerprint density at radius 2 is 0.686 bits per heavy atom. The van der Waals surface area contributed by atoms with E-state index in [9.17, 15) is 0 Å². The Hall–Kier alpha value is -6.38. The van der Waals surface area contributed by atoms with E-state index >= 15 is 0 Å². The Bertz CT molecular complexity index is 2480. The molecule has 9 rings (SSSR count). The summed E-state index contributed by atoms with van der Waals surface area (Å²) < 4.78 is 0. The van der Waals surface area contributed by atoms with Crippen molar-refractivity contribution in [3.8, 4) is 78.4 Å². The number of benzene rings is 7. The van der Waals surface area contributed by atoms with E-state index in [4.69, 9.17) is 9.97 Å². The second kappa shape index (κ2) is 12.5. The van der Waals surface area contributed by atoms with Crippen LogP contribution < -0.4 is 0 Å². The minimum Gasteiger partial charge on any atom is -0.228 e. The smallest absolute Gasteiger partial charge is 0.160 e. The minimum absolute atomic E-state index is 0.107. The van der Waals surface area contributed by atoms with Crippen molar-refractivity contribution in [2.45, 2.75) is 19.3 Å². The number of fused-ring (bicyclic) bond motifs is 3. The first-order chi connectivity index (χ1) is 25.0. The lowest BCUT2D eigenvalue weighted by Gasteiger charge is -2.22. The zero-order valence-electron chi connectivity index (χ0n) is 28.7. The average Bonchev–Trinajstić information content (AvgIpc) is 3.43.